The molecule has 11 aromatic rings. The fraction of sp³-hybridized carbons (Fsp3) is 0.562. The molecule has 0 spiro atoms. The quantitative estimate of drug-likeness (QED) is 0.0223. The highest BCUT2D eigenvalue weighted by Crippen LogP contribution is 2.56. The van der Waals surface area contributed by atoms with E-state index < -0.39 is 0 Å². The predicted molar refractivity (Wildman–Crippen MR) is 364 cm³/mol. The van der Waals surface area contributed by atoms with Crippen molar-refractivity contribution in [1.82, 2.24) is 9.13 Å². The Kier molecular flexibility index (Phi) is 19.4. The summed E-state index contributed by atoms with van der Waals surface area (Å²) in [4.78, 5) is 63.6. The molecule has 4 aromatic heterocycles. The highest BCUT2D eigenvalue weighted by molar-refractivity contribution is 9.11. The maximum atomic E-state index is 15.6. The molecule has 0 radical (unpaired) electrons. The minimum absolute atomic E-state index is 0.177. The van der Waals surface area contributed by atoms with Crippen LogP contribution in [0, 0.1) is 18.8 Å². The number of nitrogens with zero attached hydrogens (tertiary/aromatic N) is 2. The van der Waals surface area contributed by atoms with Gasteiger partial charge in [0.1, 0.15) is 0 Å². The van der Waals surface area contributed by atoms with Gasteiger partial charge in [-0.25, -0.2) is 0 Å². The summed E-state index contributed by atoms with van der Waals surface area (Å²) in [7, 11) is 0. The highest BCUT2D eigenvalue weighted by atomic mass is 79.9. The molecule has 0 fully saturated rings. The Morgan fingerprint density at radius 2 is 0.622 bits per heavy atom. The fourth-order valence-corrected chi connectivity index (χ4v) is 18.0. The summed E-state index contributed by atoms with van der Waals surface area (Å²) in [6.07, 6.45) is 38.9. The topological polar surface area (TPSA) is 78.1 Å². The van der Waals surface area contributed by atoms with Crippen LogP contribution in [0.25, 0.3) is 106 Å². The summed E-state index contributed by atoms with van der Waals surface area (Å²) in [6, 6.07) is 13.0. The lowest BCUT2D eigenvalue weighted by atomic mass is 9.79. The normalized spacial score (nSPS) is 13.5. The third-order valence-electron chi connectivity index (χ3n) is 19.6. The number of hydrogen-bond acceptors (Lipinski definition) is 6. The van der Waals surface area contributed by atoms with E-state index in [-0.39, 0.29) is 34.1 Å². The molecule has 0 aliphatic rings. The molecule has 82 heavy (non-hydrogen) atoms. The van der Waals surface area contributed by atoms with Crippen LogP contribution in [0.3, 0.4) is 0 Å². The number of pyridine rings is 2. The maximum Gasteiger partial charge on any atom is 0.261 e. The average molecular weight is 1200 g/mol. The molecule has 2 unspecified atom stereocenters. The molecule has 0 N–H and O–H groups in total. The van der Waals surface area contributed by atoms with Crippen molar-refractivity contribution in [2.75, 3.05) is 0 Å². The Bertz CT molecular complexity index is 3690. The lowest BCUT2D eigenvalue weighted by Gasteiger charge is -2.25. The van der Waals surface area contributed by atoms with Crippen LogP contribution in [0.2, 0.25) is 0 Å². The van der Waals surface area contributed by atoms with Crippen molar-refractivity contribution in [3.8, 4) is 0 Å². The number of aromatic nitrogens is 2. The van der Waals surface area contributed by atoms with Crippen molar-refractivity contribution in [3.63, 3.8) is 0 Å². The summed E-state index contributed by atoms with van der Waals surface area (Å²) in [5.41, 5.74) is -0.716. The molecule has 7 aromatic carbocycles. The Hall–Kier alpha value is -4.44. The van der Waals surface area contributed by atoms with E-state index in [4.69, 9.17) is 0 Å². The molecule has 0 amide bonds. The zero-order chi connectivity index (χ0) is 57.0. The summed E-state index contributed by atoms with van der Waals surface area (Å²) in [6.45, 7) is 12.1. The van der Waals surface area contributed by atoms with Crippen LogP contribution in [-0.2, 0) is 13.1 Å². The molecule has 11 rings (SSSR count). The third kappa shape index (κ3) is 11.4. The lowest BCUT2D eigenvalue weighted by Crippen LogP contribution is -2.36. The minimum Gasteiger partial charge on any atom is -0.274 e. The van der Waals surface area contributed by atoms with Crippen molar-refractivity contribution in [3.05, 3.63) is 86.5 Å². The number of hydrogen-bond donors (Lipinski definition) is 0. The lowest BCUT2D eigenvalue weighted by molar-refractivity contribution is 0.350. The molecule has 0 bridgehead atoms. The standard InChI is InChI=1S/C73H91BrN2O4S2/c1-6-10-14-18-22-24-28-32-36-47(34-30-26-20-16-12-8-3)44-75-70(77)55-39-49-51-38-46(5)81-68(51)53-41-57-61-56(71(78)76(72(57)79)45-48(35-31-27-21-17-13-9-4)37-33-29-25-23-19-15-11-7-2)40-50-52-43-59(74)82-69(52)54-42-58(73(75)80)60(55)66-62(49)64(53)67(61)63(50)65(54)66/h38-43,47-48H,6-37,44-45H2,1-5H3. The number of aryl methyl sites for hydroxylation is 1. The number of thiophene rings is 2. The van der Waals surface area contributed by atoms with Crippen molar-refractivity contribution in [2.45, 2.75) is 253 Å². The number of halogens is 1. The van der Waals surface area contributed by atoms with Gasteiger partial charge < -0.3 is 0 Å². The van der Waals surface area contributed by atoms with Crippen LogP contribution < -0.4 is 22.2 Å². The number of unbranched alkanes of at least 4 members (excludes halogenated alkanes) is 24. The number of benzene rings is 7. The summed E-state index contributed by atoms with van der Waals surface area (Å²) in [5.74, 6) is 0.491. The first-order valence-electron chi connectivity index (χ1n) is 33.1. The minimum atomic E-state index is -0.181. The summed E-state index contributed by atoms with van der Waals surface area (Å²) >= 11 is 7.36. The molecule has 0 aliphatic carbocycles. The smallest absolute Gasteiger partial charge is 0.261 e. The van der Waals surface area contributed by atoms with Gasteiger partial charge >= 0.3 is 0 Å². The second-order valence-corrected chi connectivity index (χ2v) is 29.3. The first-order valence-corrected chi connectivity index (χ1v) is 35.5. The van der Waals surface area contributed by atoms with Crippen molar-refractivity contribution >= 4 is 145 Å². The van der Waals surface area contributed by atoms with Crippen LogP contribution in [-0.4, -0.2) is 9.13 Å². The van der Waals surface area contributed by atoms with Crippen LogP contribution in [0.5, 0.6) is 0 Å². The van der Waals surface area contributed by atoms with Gasteiger partial charge in [-0.3, -0.25) is 28.3 Å². The Labute approximate surface area is 502 Å². The van der Waals surface area contributed by atoms with Crippen LogP contribution >= 0.6 is 38.6 Å². The van der Waals surface area contributed by atoms with Gasteiger partial charge in [0.15, 0.2) is 0 Å². The molecule has 0 aliphatic heterocycles. The van der Waals surface area contributed by atoms with Gasteiger partial charge in [-0.1, -0.05) is 207 Å². The summed E-state index contributed by atoms with van der Waals surface area (Å²) < 4.78 is 6.45. The van der Waals surface area contributed by atoms with Crippen LogP contribution in [0.1, 0.15) is 238 Å². The molecule has 0 saturated carbocycles. The highest BCUT2D eigenvalue weighted by Gasteiger charge is 2.32. The molecular formula is C73H91BrN2O4S2. The molecule has 436 valence electrons. The van der Waals surface area contributed by atoms with E-state index in [1.165, 1.54) is 154 Å². The van der Waals surface area contributed by atoms with Gasteiger partial charge in [0.2, 0.25) is 0 Å². The van der Waals surface area contributed by atoms with E-state index >= 15 is 19.2 Å². The Morgan fingerprint density at radius 3 is 0.976 bits per heavy atom. The van der Waals surface area contributed by atoms with Gasteiger partial charge in [-0.2, -0.15) is 0 Å². The van der Waals surface area contributed by atoms with E-state index in [0.29, 0.717) is 34.6 Å². The Balaban J connectivity index is 1.08. The number of fused-ring (bicyclic) bond motifs is 6. The van der Waals surface area contributed by atoms with E-state index in [1.54, 1.807) is 31.8 Å². The monoisotopic (exact) mass is 1200 g/mol. The predicted octanol–water partition coefficient (Wildman–Crippen LogP) is 22.4. The molecule has 9 heteroatoms. The third-order valence-corrected chi connectivity index (χ3v) is 22.3. The van der Waals surface area contributed by atoms with Crippen molar-refractivity contribution in [1.29, 1.82) is 0 Å². The van der Waals surface area contributed by atoms with Gasteiger partial charge in [0, 0.05) is 103 Å². The van der Waals surface area contributed by atoms with E-state index in [0.717, 1.165) is 145 Å². The first kappa shape index (κ1) is 59.3. The largest absolute Gasteiger partial charge is 0.274 e. The van der Waals surface area contributed by atoms with Gasteiger partial charge in [-0.15, -0.1) is 22.7 Å². The van der Waals surface area contributed by atoms with E-state index in [9.17, 15) is 0 Å². The maximum absolute atomic E-state index is 15.6. The number of rotatable bonds is 36. The van der Waals surface area contributed by atoms with Gasteiger partial charge in [0.05, 0.1) is 3.79 Å². The van der Waals surface area contributed by atoms with Gasteiger partial charge in [-0.05, 0) is 118 Å². The first-order chi connectivity index (χ1) is 40.1. The van der Waals surface area contributed by atoms with Crippen molar-refractivity contribution < 1.29 is 0 Å². The van der Waals surface area contributed by atoms with E-state index in [2.05, 4.69) is 86.9 Å². The SMILES string of the molecule is CCCCCCCCCCC(CCCCCCCC)Cn1c(=O)c2cc3c4cc(Br)sc4c4cc5c(=O)n(CC(CCCCCCCC)CCCCCCCCCC)c(=O)c6cc7c8cc(C)sc8c8cc(c1=O)c2c1c3c4c(c65)c7c81. The van der Waals surface area contributed by atoms with Crippen LogP contribution in [0.4, 0.5) is 0 Å². The molecule has 6 nitrogen and oxygen atoms in total. The molecular weight excluding hydrogens is 1110 g/mol. The van der Waals surface area contributed by atoms with Crippen LogP contribution in [0.15, 0.2) is 59.4 Å². The summed E-state index contributed by atoms with van der Waals surface area (Å²) in [5, 5.41) is 16.2. The zero-order valence-corrected chi connectivity index (χ0v) is 53.6. The average Bonchev–Trinajstić information content (AvgIpc) is 1.11. The van der Waals surface area contributed by atoms with E-state index in [1.807, 2.05) is 0 Å². The molecule has 2 atom stereocenters. The Morgan fingerprint density at radius 1 is 0.329 bits per heavy atom. The second-order valence-electron chi connectivity index (χ2n) is 25.6. The molecule has 4 heterocycles. The molecule has 0 saturated heterocycles. The zero-order valence-electron chi connectivity index (χ0n) is 50.4. The second kappa shape index (κ2) is 26.9. The van der Waals surface area contributed by atoms with Crippen molar-refractivity contribution in [2.24, 2.45) is 11.8 Å². The van der Waals surface area contributed by atoms with Gasteiger partial charge in [0.25, 0.3) is 22.2 Å². The fourth-order valence-electron chi connectivity index (χ4n) is 15.3.